The zero-order valence-corrected chi connectivity index (χ0v) is 11.0. The molecule has 0 spiro atoms. The van der Waals surface area contributed by atoms with Gasteiger partial charge in [0.2, 0.25) is 0 Å². The van der Waals surface area contributed by atoms with Gasteiger partial charge < -0.3 is 14.7 Å². The zero-order valence-electron chi connectivity index (χ0n) is 11.0. The normalized spacial score (nSPS) is 33.4. The number of aliphatic hydroxyl groups is 1. The number of carbonyl (C=O) groups is 1. The van der Waals surface area contributed by atoms with Crippen molar-refractivity contribution >= 4 is 6.09 Å². The smallest absolute Gasteiger partial charge is 0.410 e. The van der Waals surface area contributed by atoms with Crippen LogP contribution in [0.4, 0.5) is 4.79 Å². The molecule has 4 nitrogen and oxygen atoms in total. The molecule has 2 rings (SSSR count). The molecule has 1 amide bonds. The number of hydrogen-bond acceptors (Lipinski definition) is 3. The van der Waals surface area contributed by atoms with Crippen molar-refractivity contribution < 1.29 is 14.6 Å². The highest BCUT2D eigenvalue weighted by Crippen LogP contribution is 2.38. The Labute approximate surface area is 103 Å². The third-order valence-electron chi connectivity index (χ3n) is 3.79. The Hall–Kier alpha value is -0.770. The lowest BCUT2D eigenvalue weighted by atomic mass is 9.88. The molecule has 3 atom stereocenters. The summed E-state index contributed by atoms with van der Waals surface area (Å²) in [5.74, 6) is 0.861. The van der Waals surface area contributed by atoms with E-state index in [9.17, 15) is 9.90 Å². The minimum Gasteiger partial charge on any atom is -0.444 e. The second-order valence-electron chi connectivity index (χ2n) is 6.28. The largest absolute Gasteiger partial charge is 0.444 e. The molecule has 0 aromatic rings. The van der Waals surface area contributed by atoms with Gasteiger partial charge in [-0.1, -0.05) is 0 Å². The molecule has 2 fully saturated rings. The maximum atomic E-state index is 11.9. The topological polar surface area (TPSA) is 49.8 Å². The number of carbonyl (C=O) groups excluding carboxylic acids is 1. The molecular weight excluding hydrogens is 218 g/mol. The van der Waals surface area contributed by atoms with Crippen molar-refractivity contribution in [2.45, 2.75) is 51.7 Å². The Bertz CT molecular complexity index is 298. The molecule has 17 heavy (non-hydrogen) atoms. The molecular formula is C13H23NO3. The van der Waals surface area contributed by atoms with E-state index >= 15 is 0 Å². The van der Waals surface area contributed by atoms with Crippen molar-refractivity contribution in [3.05, 3.63) is 0 Å². The number of nitrogens with zero attached hydrogens (tertiary/aromatic N) is 1. The SMILES string of the molecule is CC(C)(C)OC(=O)N1CC[C@@H]2CCC(O)[C@@H]2C1. The highest BCUT2D eigenvalue weighted by molar-refractivity contribution is 5.68. The highest BCUT2D eigenvalue weighted by Gasteiger charge is 2.40. The summed E-state index contributed by atoms with van der Waals surface area (Å²) >= 11 is 0. The second-order valence-corrected chi connectivity index (χ2v) is 6.28. The molecule has 1 aliphatic heterocycles. The van der Waals surface area contributed by atoms with Crippen LogP contribution in [0.15, 0.2) is 0 Å². The van der Waals surface area contributed by atoms with Crippen LogP contribution in [0.25, 0.3) is 0 Å². The fraction of sp³-hybridized carbons (Fsp3) is 0.923. The van der Waals surface area contributed by atoms with Gasteiger partial charge in [-0.3, -0.25) is 0 Å². The van der Waals surface area contributed by atoms with Gasteiger partial charge >= 0.3 is 6.09 Å². The molecule has 0 radical (unpaired) electrons. The Kier molecular flexibility index (Phi) is 3.34. The van der Waals surface area contributed by atoms with E-state index in [1.165, 1.54) is 0 Å². The van der Waals surface area contributed by atoms with Crippen molar-refractivity contribution in [3.8, 4) is 0 Å². The summed E-state index contributed by atoms with van der Waals surface area (Å²) in [5.41, 5.74) is -0.442. The second kappa shape index (κ2) is 4.48. The number of aliphatic hydroxyl groups excluding tert-OH is 1. The molecule has 1 unspecified atom stereocenters. The molecule has 98 valence electrons. The lowest BCUT2D eigenvalue weighted by molar-refractivity contribution is 0.00177. The van der Waals surface area contributed by atoms with Crippen LogP contribution in [-0.2, 0) is 4.74 Å². The Morgan fingerprint density at radius 2 is 2.00 bits per heavy atom. The minimum absolute atomic E-state index is 0.231. The van der Waals surface area contributed by atoms with E-state index in [-0.39, 0.29) is 18.1 Å². The maximum Gasteiger partial charge on any atom is 0.410 e. The molecule has 0 aromatic heterocycles. The molecule has 1 heterocycles. The molecule has 2 aliphatic rings. The summed E-state index contributed by atoms with van der Waals surface area (Å²) in [5, 5.41) is 9.88. The third kappa shape index (κ3) is 2.92. The predicted molar refractivity (Wildman–Crippen MR) is 64.6 cm³/mol. The number of piperidine rings is 1. The summed E-state index contributed by atoms with van der Waals surface area (Å²) in [6, 6.07) is 0. The summed E-state index contributed by atoms with van der Waals surface area (Å²) in [6.45, 7) is 7.05. The first kappa shape index (κ1) is 12.7. The first-order chi connectivity index (χ1) is 7.87. The van der Waals surface area contributed by atoms with Crippen molar-refractivity contribution in [1.29, 1.82) is 0 Å². The van der Waals surface area contributed by atoms with Crippen LogP contribution >= 0.6 is 0 Å². The fourth-order valence-electron chi connectivity index (χ4n) is 2.92. The standard InChI is InChI=1S/C13H23NO3/c1-13(2,3)17-12(16)14-7-6-9-4-5-11(15)10(9)8-14/h9-11,15H,4-8H2,1-3H3/t9-,10+,11?/m0/s1. The molecule has 4 heteroatoms. The molecule has 1 aliphatic carbocycles. The van der Waals surface area contributed by atoms with E-state index in [0.717, 1.165) is 25.8 Å². The van der Waals surface area contributed by atoms with Crippen molar-refractivity contribution in [2.75, 3.05) is 13.1 Å². The molecule has 1 saturated heterocycles. The average Bonchev–Trinajstić information content (AvgIpc) is 2.57. The number of ether oxygens (including phenoxy) is 1. The van der Waals surface area contributed by atoms with E-state index in [2.05, 4.69) is 0 Å². The van der Waals surface area contributed by atoms with Crippen LogP contribution in [0.3, 0.4) is 0 Å². The lowest BCUT2D eigenvalue weighted by Crippen LogP contribution is -2.46. The van der Waals surface area contributed by atoms with E-state index in [1.54, 1.807) is 4.90 Å². The Balaban J connectivity index is 1.93. The molecule has 0 aromatic carbocycles. The van der Waals surface area contributed by atoms with Gasteiger partial charge in [-0.2, -0.15) is 0 Å². The van der Waals surface area contributed by atoms with Crippen LogP contribution in [0.2, 0.25) is 0 Å². The van der Waals surface area contributed by atoms with E-state index in [1.807, 2.05) is 20.8 Å². The molecule has 1 N–H and O–H groups in total. The van der Waals surface area contributed by atoms with Crippen LogP contribution < -0.4 is 0 Å². The Morgan fingerprint density at radius 1 is 1.29 bits per heavy atom. The number of likely N-dealkylation sites (tertiary alicyclic amines) is 1. The first-order valence-electron chi connectivity index (χ1n) is 6.53. The van der Waals surface area contributed by atoms with Crippen molar-refractivity contribution in [1.82, 2.24) is 4.90 Å². The van der Waals surface area contributed by atoms with Gasteiger partial charge in [0, 0.05) is 19.0 Å². The lowest BCUT2D eigenvalue weighted by Gasteiger charge is -2.36. The van der Waals surface area contributed by atoms with E-state index < -0.39 is 5.60 Å². The minimum atomic E-state index is -0.442. The molecule has 0 bridgehead atoms. The number of fused-ring (bicyclic) bond motifs is 1. The van der Waals surface area contributed by atoms with Gasteiger partial charge in [-0.15, -0.1) is 0 Å². The predicted octanol–water partition coefficient (Wildman–Crippen LogP) is 2.01. The maximum absolute atomic E-state index is 11.9. The van der Waals surface area contributed by atoms with Gasteiger partial charge in [0.05, 0.1) is 6.10 Å². The van der Waals surface area contributed by atoms with Crippen LogP contribution in [0, 0.1) is 11.8 Å². The third-order valence-corrected chi connectivity index (χ3v) is 3.79. The van der Waals surface area contributed by atoms with E-state index in [4.69, 9.17) is 4.74 Å². The summed E-state index contributed by atoms with van der Waals surface area (Å²) < 4.78 is 5.37. The van der Waals surface area contributed by atoms with Crippen LogP contribution in [-0.4, -0.2) is 40.9 Å². The number of hydrogen-bond donors (Lipinski definition) is 1. The van der Waals surface area contributed by atoms with Gasteiger partial charge in [0.25, 0.3) is 0 Å². The van der Waals surface area contributed by atoms with Crippen LogP contribution in [0.1, 0.15) is 40.0 Å². The monoisotopic (exact) mass is 241 g/mol. The van der Waals surface area contributed by atoms with Crippen LogP contribution in [0.5, 0.6) is 0 Å². The van der Waals surface area contributed by atoms with Crippen molar-refractivity contribution in [2.24, 2.45) is 11.8 Å². The number of rotatable bonds is 0. The van der Waals surface area contributed by atoms with Crippen molar-refractivity contribution in [3.63, 3.8) is 0 Å². The summed E-state index contributed by atoms with van der Waals surface area (Å²) in [4.78, 5) is 13.7. The van der Waals surface area contributed by atoms with Gasteiger partial charge in [-0.05, 0) is 46.0 Å². The van der Waals surface area contributed by atoms with Gasteiger partial charge in [-0.25, -0.2) is 4.79 Å². The quantitative estimate of drug-likeness (QED) is 0.706. The van der Waals surface area contributed by atoms with E-state index in [0.29, 0.717) is 12.5 Å². The van der Waals surface area contributed by atoms with Gasteiger partial charge in [0.15, 0.2) is 0 Å². The highest BCUT2D eigenvalue weighted by atomic mass is 16.6. The van der Waals surface area contributed by atoms with Gasteiger partial charge in [0.1, 0.15) is 5.60 Å². The average molecular weight is 241 g/mol. The summed E-state index contributed by atoms with van der Waals surface area (Å²) in [7, 11) is 0. The Morgan fingerprint density at radius 3 is 2.65 bits per heavy atom. The zero-order chi connectivity index (χ0) is 12.6. The molecule has 1 saturated carbocycles. The number of amides is 1. The summed E-state index contributed by atoms with van der Waals surface area (Å²) in [6.07, 6.45) is 2.52. The first-order valence-corrected chi connectivity index (χ1v) is 6.53. The fourth-order valence-corrected chi connectivity index (χ4v) is 2.92.